The average molecular weight is 332 g/mol. The predicted molar refractivity (Wildman–Crippen MR) is 85.6 cm³/mol. The molecule has 3 nitrogen and oxygen atoms in total. The summed E-state index contributed by atoms with van der Waals surface area (Å²) in [7, 11) is 1.98. The van der Waals surface area contributed by atoms with E-state index < -0.39 is 6.10 Å². The molecule has 0 saturated heterocycles. The fourth-order valence-electron chi connectivity index (χ4n) is 1.87. The molecule has 0 spiro atoms. The Bertz CT molecular complexity index is 501. The van der Waals surface area contributed by atoms with E-state index in [4.69, 9.17) is 16.3 Å². The van der Waals surface area contributed by atoms with Crippen LogP contribution in [0, 0.1) is 0 Å². The number of aliphatic hydroxyl groups is 1. The van der Waals surface area contributed by atoms with Gasteiger partial charge in [-0.2, -0.15) is 0 Å². The molecule has 0 radical (unpaired) electrons. The minimum absolute atomic E-state index is 0.355. The van der Waals surface area contributed by atoms with E-state index in [2.05, 4.69) is 4.90 Å². The van der Waals surface area contributed by atoms with Crippen molar-refractivity contribution < 1.29 is 9.84 Å². The van der Waals surface area contributed by atoms with E-state index in [1.54, 1.807) is 22.7 Å². The number of ether oxygens (including phenoxy) is 1. The van der Waals surface area contributed by atoms with Gasteiger partial charge in [-0.3, -0.25) is 4.90 Å². The number of likely N-dealkylation sites (N-methyl/N-ethyl adjacent to an activating group) is 1. The zero-order valence-corrected chi connectivity index (χ0v) is 13.7. The Hall–Kier alpha value is -0.430. The summed E-state index contributed by atoms with van der Waals surface area (Å²) in [5, 5.41) is 12.0. The zero-order chi connectivity index (χ0) is 14.4. The van der Waals surface area contributed by atoms with Crippen molar-refractivity contribution in [1.29, 1.82) is 0 Å². The molecule has 1 N–H and O–H groups in total. The second-order valence-electron chi connectivity index (χ2n) is 4.65. The van der Waals surface area contributed by atoms with Gasteiger partial charge in [0.25, 0.3) is 0 Å². The van der Waals surface area contributed by atoms with Crippen molar-refractivity contribution in [3.05, 3.63) is 43.7 Å². The van der Waals surface area contributed by atoms with Crippen molar-refractivity contribution in [2.75, 3.05) is 20.2 Å². The Morgan fingerprint density at radius 1 is 1.35 bits per heavy atom. The van der Waals surface area contributed by atoms with Gasteiger partial charge >= 0.3 is 0 Å². The molecule has 0 fully saturated rings. The molecule has 0 saturated carbocycles. The van der Waals surface area contributed by atoms with Crippen LogP contribution in [0.2, 0.25) is 4.34 Å². The minimum Gasteiger partial charge on any atom is -0.389 e. The van der Waals surface area contributed by atoms with E-state index in [-0.39, 0.29) is 0 Å². The van der Waals surface area contributed by atoms with Gasteiger partial charge in [0.2, 0.25) is 0 Å². The highest BCUT2D eigenvalue weighted by molar-refractivity contribution is 7.16. The highest BCUT2D eigenvalue weighted by Crippen LogP contribution is 2.22. The molecule has 0 amide bonds. The second kappa shape index (κ2) is 8.12. The van der Waals surface area contributed by atoms with E-state index >= 15 is 0 Å². The first-order chi connectivity index (χ1) is 9.63. The van der Waals surface area contributed by atoms with Crippen LogP contribution in [0.15, 0.2) is 29.6 Å². The molecule has 0 bridgehead atoms. The Morgan fingerprint density at radius 3 is 2.85 bits per heavy atom. The van der Waals surface area contributed by atoms with Crippen LogP contribution in [0.3, 0.4) is 0 Å². The van der Waals surface area contributed by atoms with Crippen molar-refractivity contribution in [1.82, 2.24) is 4.90 Å². The molecule has 0 aromatic carbocycles. The van der Waals surface area contributed by atoms with Gasteiger partial charge in [-0.15, -0.1) is 22.7 Å². The van der Waals surface area contributed by atoms with E-state index in [1.807, 2.05) is 36.7 Å². The van der Waals surface area contributed by atoms with Gasteiger partial charge in [-0.05, 0) is 30.6 Å². The summed E-state index contributed by atoms with van der Waals surface area (Å²) in [4.78, 5) is 4.45. The van der Waals surface area contributed by atoms with E-state index in [9.17, 15) is 5.11 Å². The molecule has 0 aliphatic heterocycles. The van der Waals surface area contributed by atoms with Crippen molar-refractivity contribution in [3.8, 4) is 0 Å². The van der Waals surface area contributed by atoms with Gasteiger partial charge in [-0.1, -0.05) is 17.7 Å². The number of thiophene rings is 2. The summed E-state index contributed by atoms with van der Waals surface area (Å²) in [6.45, 7) is 2.30. The number of halogens is 1. The van der Waals surface area contributed by atoms with Crippen LogP contribution < -0.4 is 0 Å². The number of aliphatic hydroxyl groups excluding tert-OH is 1. The van der Waals surface area contributed by atoms with Gasteiger partial charge in [0, 0.05) is 22.8 Å². The Morgan fingerprint density at radius 2 is 2.20 bits per heavy atom. The average Bonchev–Trinajstić information content (AvgIpc) is 3.01. The van der Waals surface area contributed by atoms with Crippen molar-refractivity contribution in [2.24, 2.45) is 0 Å². The Kier molecular flexibility index (Phi) is 6.48. The molecule has 0 aliphatic carbocycles. The zero-order valence-electron chi connectivity index (χ0n) is 11.3. The van der Waals surface area contributed by atoms with Crippen LogP contribution in [0.5, 0.6) is 0 Å². The normalized spacial score (nSPS) is 13.0. The molecule has 1 unspecified atom stereocenters. The Balaban J connectivity index is 1.64. The van der Waals surface area contributed by atoms with Crippen LogP contribution in [-0.2, 0) is 17.9 Å². The van der Waals surface area contributed by atoms with Crippen LogP contribution in [0.25, 0.3) is 0 Å². The summed E-state index contributed by atoms with van der Waals surface area (Å²) in [6, 6.07) is 7.95. The summed E-state index contributed by atoms with van der Waals surface area (Å²) < 4.78 is 6.31. The number of rotatable bonds is 8. The minimum atomic E-state index is -0.476. The highest BCUT2D eigenvalue weighted by Gasteiger charge is 2.10. The summed E-state index contributed by atoms with van der Waals surface area (Å²) in [6.07, 6.45) is -0.476. The number of hydrogen-bond donors (Lipinski definition) is 1. The van der Waals surface area contributed by atoms with Gasteiger partial charge in [0.15, 0.2) is 0 Å². The monoisotopic (exact) mass is 331 g/mol. The third kappa shape index (κ3) is 5.52. The number of nitrogens with zero attached hydrogens (tertiary/aromatic N) is 1. The summed E-state index contributed by atoms with van der Waals surface area (Å²) in [5.74, 6) is 0. The third-order valence-corrected chi connectivity index (χ3v) is 4.78. The van der Waals surface area contributed by atoms with Gasteiger partial charge in [0.05, 0.1) is 23.7 Å². The second-order valence-corrected chi connectivity index (χ2v) is 7.48. The maximum absolute atomic E-state index is 9.95. The Labute approximate surface area is 132 Å². The van der Waals surface area contributed by atoms with E-state index in [1.165, 1.54) is 9.75 Å². The first-order valence-corrected chi connectivity index (χ1v) is 8.42. The molecule has 1 atom stereocenters. The van der Waals surface area contributed by atoms with Crippen LogP contribution in [-0.4, -0.2) is 36.3 Å². The van der Waals surface area contributed by atoms with Crippen LogP contribution in [0.1, 0.15) is 9.75 Å². The van der Waals surface area contributed by atoms with Crippen molar-refractivity contribution >= 4 is 34.3 Å². The topological polar surface area (TPSA) is 32.7 Å². The molecule has 20 heavy (non-hydrogen) atoms. The maximum atomic E-state index is 9.95. The molecule has 2 heterocycles. The molecule has 2 aromatic heterocycles. The van der Waals surface area contributed by atoms with Gasteiger partial charge in [0.1, 0.15) is 0 Å². The van der Waals surface area contributed by atoms with Gasteiger partial charge < -0.3 is 9.84 Å². The van der Waals surface area contributed by atoms with Crippen LogP contribution >= 0.6 is 34.3 Å². The lowest BCUT2D eigenvalue weighted by atomic mass is 10.3. The molecule has 0 aliphatic rings. The largest absolute Gasteiger partial charge is 0.389 e. The summed E-state index contributed by atoms with van der Waals surface area (Å²) in [5.41, 5.74) is 0. The van der Waals surface area contributed by atoms with E-state index in [0.717, 1.165) is 10.9 Å². The first kappa shape index (κ1) is 15.9. The lowest BCUT2D eigenvalue weighted by Gasteiger charge is -2.19. The number of hydrogen-bond acceptors (Lipinski definition) is 5. The third-order valence-electron chi connectivity index (χ3n) is 2.71. The molecular formula is C14H18ClNO2S2. The van der Waals surface area contributed by atoms with Crippen LogP contribution in [0.4, 0.5) is 0 Å². The lowest BCUT2D eigenvalue weighted by molar-refractivity contribution is 0.0136. The van der Waals surface area contributed by atoms with Crippen molar-refractivity contribution in [3.63, 3.8) is 0 Å². The molecular weight excluding hydrogens is 314 g/mol. The first-order valence-electron chi connectivity index (χ1n) is 6.34. The predicted octanol–water partition coefficient (Wildman–Crippen LogP) is 3.47. The maximum Gasteiger partial charge on any atom is 0.0931 e. The standard InChI is InChI=1S/C14H18ClNO2S2/c1-16(8-12-4-5-14(15)20-12)7-11(17)9-18-10-13-3-2-6-19-13/h2-6,11,17H,7-10H2,1H3. The fraction of sp³-hybridized carbons (Fsp3) is 0.429. The quantitative estimate of drug-likeness (QED) is 0.804. The smallest absolute Gasteiger partial charge is 0.0931 e. The van der Waals surface area contributed by atoms with Gasteiger partial charge in [-0.25, -0.2) is 0 Å². The highest BCUT2D eigenvalue weighted by atomic mass is 35.5. The SMILES string of the molecule is CN(Cc1ccc(Cl)s1)CC(O)COCc1cccs1. The van der Waals surface area contributed by atoms with E-state index in [0.29, 0.717) is 19.8 Å². The molecule has 2 rings (SSSR count). The molecule has 2 aromatic rings. The van der Waals surface area contributed by atoms with Crippen molar-refractivity contribution in [2.45, 2.75) is 19.3 Å². The lowest BCUT2D eigenvalue weighted by Crippen LogP contribution is -2.31. The summed E-state index contributed by atoms with van der Waals surface area (Å²) >= 11 is 9.13. The molecule has 6 heteroatoms. The fourth-order valence-corrected chi connectivity index (χ4v) is 3.68. The molecule has 110 valence electrons.